The number of imidazole rings is 1. The summed E-state index contributed by atoms with van der Waals surface area (Å²) in [6.45, 7) is 0.334. The van der Waals surface area contributed by atoms with Crippen LogP contribution in [-0.2, 0) is 13.6 Å². The number of benzene rings is 1. The molecule has 4 aromatic rings. The van der Waals surface area contributed by atoms with Gasteiger partial charge in [0.2, 0.25) is 0 Å². The molecular formula is C16H13N7O4. The molecule has 0 unspecified atom stereocenters. The first kappa shape index (κ1) is 16.4. The molecule has 0 bridgehead atoms. The quantitative estimate of drug-likeness (QED) is 0.402. The summed E-state index contributed by atoms with van der Waals surface area (Å²) in [6.07, 6.45) is 3.25. The molecule has 4 rings (SSSR count). The van der Waals surface area contributed by atoms with Gasteiger partial charge in [0.25, 0.3) is 11.2 Å². The van der Waals surface area contributed by atoms with Crippen molar-refractivity contribution in [2.24, 2.45) is 7.05 Å². The van der Waals surface area contributed by atoms with Crippen molar-refractivity contribution in [3.63, 3.8) is 0 Å². The summed E-state index contributed by atoms with van der Waals surface area (Å²) < 4.78 is 2.55. The Hall–Kier alpha value is -4.02. The first-order valence-corrected chi connectivity index (χ1v) is 7.87. The average molecular weight is 367 g/mol. The maximum atomic E-state index is 12.1. The highest BCUT2D eigenvalue weighted by Crippen LogP contribution is 2.18. The van der Waals surface area contributed by atoms with Gasteiger partial charge in [-0.1, -0.05) is 12.1 Å². The third-order valence-electron chi connectivity index (χ3n) is 4.12. The zero-order valence-corrected chi connectivity index (χ0v) is 14.0. The molecule has 1 aromatic carbocycles. The Morgan fingerprint density at radius 2 is 2.07 bits per heavy atom. The van der Waals surface area contributed by atoms with Gasteiger partial charge in [0.05, 0.1) is 23.2 Å². The van der Waals surface area contributed by atoms with Crippen LogP contribution in [0.5, 0.6) is 0 Å². The van der Waals surface area contributed by atoms with E-state index < -0.39 is 16.2 Å². The number of nitro benzene ring substituents is 1. The van der Waals surface area contributed by atoms with Crippen LogP contribution >= 0.6 is 0 Å². The number of hydrogen-bond acceptors (Lipinski definition) is 6. The molecule has 0 atom stereocenters. The minimum atomic E-state index is -0.549. The molecule has 0 aliphatic carbocycles. The SMILES string of the molecule is Cn1c(=O)[nH]c2nc(-c3cnn(Cc4cccc([N+](=O)[O-])c4)c3)[nH]c2c1=O. The van der Waals surface area contributed by atoms with E-state index in [0.717, 1.165) is 10.1 Å². The minimum Gasteiger partial charge on any atom is -0.332 e. The fourth-order valence-electron chi connectivity index (χ4n) is 2.73. The van der Waals surface area contributed by atoms with Gasteiger partial charge >= 0.3 is 5.69 Å². The van der Waals surface area contributed by atoms with Crippen molar-refractivity contribution >= 4 is 16.9 Å². The first-order chi connectivity index (χ1) is 12.9. The van der Waals surface area contributed by atoms with Crippen molar-refractivity contribution in [1.82, 2.24) is 29.3 Å². The minimum absolute atomic E-state index is 0.0111. The zero-order valence-electron chi connectivity index (χ0n) is 14.0. The van der Waals surface area contributed by atoms with Gasteiger partial charge in [0.1, 0.15) is 11.3 Å². The van der Waals surface area contributed by atoms with E-state index >= 15 is 0 Å². The maximum absolute atomic E-state index is 12.1. The van der Waals surface area contributed by atoms with Gasteiger partial charge in [-0.2, -0.15) is 5.10 Å². The van der Waals surface area contributed by atoms with Crippen molar-refractivity contribution in [3.05, 3.63) is 73.2 Å². The van der Waals surface area contributed by atoms with Gasteiger partial charge in [-0.3, -0.25) is 29.1 Å². The molecule has 0 fully saturated rings. The molecule has 0 saturated heterocycles. The second-order valence-corrected chi connectivity index (χ2v) is 5.96. The summed E-state index contributed by atoms with van der Waals surface area (Å²) in [6, 6.07) is 6.29. The van der Waals surface area contributed by atoms with E-state index in [-0.39, 0.29) is 16.9 Å². The standard InChI is InChI=1S/C16H13N7O4/c1-21-15(24)12-14(20-16(21)25)19-13(18-12)10-6-17-22(8-10)7-9-3-2-4-11(5-9)23(26)27/h2-6,8H,7H2,1H3,(H,18,19)(H,20,25). The molecule has 0 amide bonds. The second kappa shape index (κ2) is 6.05. The monoisotopic (exact) mass is 367 g/mol. The topological polar surface area (TPSA) is 144 Å². The smallest absolute Gasteiger partial charge is 0.329 e. The third-order valence-corrected chi connectivity index (χ3v) is 4.12. The van der Waals surface area contributed by atoms with E-state index in [2.05, 4.69) is 20.1 Å². The Morgan fingerprint density at radius 1 is 1.26 bits per heavy atom. The number of aromatic amines is 2. The molecule has 27 heavy (non-hydrogen) atoms. The lowest BCUT2D eigenvalue weighted by Crippen LogP contribution is -2.32. The maximum Gasteiger partial charge on any atom is 0.329 e. The third kappa shape index (κ3) is 2.90. The predicted molar refractivity (Wildman–Crippen MR) is 95.4 cm³/mol. The molecule has 0 aliphatic heterocycles. The molecule has 0 radical (unpaired) electrons. The molecular weight excluding hydrogens is 354 g/mol. The van der Waals surface area contributed by atoms with Crippen LogP contribution < -0.4 is 11.2 Å². The summed E-state index contributed by atoms with van der Waals surface area (Å²) in [7, 11) is 1.37. The fourth-order valence-corrected chi connectivity index (χ4v) is 2.73. The predicted octanol–water partition coefficient (Wildman–Crippen LogP) is 0.770. The summed E-state index contributed by atoms with van der Waals surface area (Å²) in [5, 5.41) is 15.1. The highest BCUT2D eigenvalue weighted by atomic mass is 16.6. The van der Waals surface area contributed by atoms with Crippen molar-refractivity contribution in [3.8, 4) is 11.4 Å². The van der Waals surface area contributed by atoms with Crippen molar-refractivity contribution in [2.45, 2.75) is 6.54 Å². The number of aromatic nitrogens is 6. The number of nitro groups is 1. The van der Waals surface area contributed by atoms with E-state index in [0.29, 0.717) is 17.9 Å². The molecule has 0 aliphatic rings. The first-order valence-electron chi connectivity index (χ1n) is 7.87. The second-order valence-electron chi connectivity index (χ2n) is 5.96. The lowest BCUT2D eigenvalue weighted by atomic mass is 10.2. The average Bonchev–Trinajstić information content (AvgIpc) is 3.27. The molecule has 3 aromatic heterocycles. The summed E-state index contributed by atoms with van der Waals surface area (Å²) in [5.74, 6) is 0.384. The van der Waals surface area contributed by atoms with Crippen LogP contribution in [-0.4, -0.2) is 34.2 Å². The van der Waals surface area contributed by atoms with E-state index in [9.17, 15) is 19.7 Å². The number of fused-ring (bicyclic) bond motifs is 1. The number of rotatable bonds is 4. The van der Waals surface area contributed by atoms with Gasteiger partial charge in [-0.05, 0) is 5.56 Å². The van der Waals surface area contributed by atoms with Crippen LogP contribution in [0.3, 0.4) is 0 Å². The summed E-state index contributed by atoms with van der Waals surface area (Å²) in [5.41, 5.74) is 0.685. The van der Waals surface area contributed by atoms with E-state index in [1.165, 1.54) is 19.2 Å². The summed E-state index contributed by atoms with van der Waals surface area (Å²) in [4.78, 5) is 43.9. The van der Waals surface area contributed by atoms with Crippen molar-refractivity contribution in [2.75, 3.05) is 0 Å². The number of H-pyrrole nitrogens is 2. The van der Waals surface area contributed by atoms with Crippen molar-refractivity contribution in [1.29, 1.82) is 0 Å². The zero-order chi connectivity index (χ0) is 19.1. The normalized spacial score (nSPS) is 11.1. The fraction of sp³-hybridized carbons (Fsp3) is 0.125. The lowest BCUT2D eigenvalue weighted by Gasteiger charge is -2.01. The molecule has 11 heteroatoms. The van der Waals surface area contributed by atoms with Crippen molar-refractivity contribution < 1.29 is 4.92 Å². The number of hydrogen-bond donors (Lipinski definition) is 2. The van der Waals surface area contributed by atoms with Gasteiger partial charge < -0.3 is 4.98 Å². The van der Waals surface area contributed by atoms with E-state index in [4.69, 9.17) is 0 Å². The van der Waals surface area contributed by atoms with Gasteiger partial charge in [0.15, 0.2) is 5.65 Å². The highest BCUT2D eigenvalue weighted by Gasteiger charge is 2.13. The Labute approximate surface area is 150 Å². The molecule has 3 heterocycles. The Kier molecular flexibility index (Phi) is 3.69. The van der Waals surface area contributed by atoms with Gasteiger partial charge in [-0.15, -0.1) is 0 Å². The van der Waals surface area contributed by atoms with Crippen LogP contribution in [0.2, 0.25) is 0 Å². The largest absolute Gasteiger partial charge is 0.332 e. The van der Waals surface area contributed by atoms with Crippen LogP contribution in [0.4, 0.5) is 5.69 Å². The Morgan fingerprint density at radius 3 is 2.85 bits per heavy atom. The molecule has 11 nitrogen and oxygen atoms in total. The van der Waals surface area contributed by atoms with Crippen LogP contribution in [0.25, 0.3) is 22.6 Å². The number of nitrogens with one attached hydrogen (secondary N) is 2. The van der Waals surface area contributed by atoms with Crippen LogP contribution in [0, 0.1) is 10.1 Å². The van der Waals surface area contributed by atoms with E-state index in [1.807, 2.05) is 0 Å². The molecule has 2 N–H and O–H groups in total. The highest BCUT2D eigenvalue weighted by molar-refractivity contribution is 5.74. The van der Waals surface area contributed by atoms with Crippen LogP contribution in [0.15, 0.2) is 46.2 Å². The lowest BCUT2D eigenvalue weighted by molar-refractivity contribution is -0.384. The molecule has 0 spiro atoms. The molecule has 136 valence electrons. The number of non-ortho nitro benzene ring substituents is 1. The van der Waals surface area contributed by atoms with E-state index in [1.54, 1.807) is 29.2 Å². The van der Waals surface area contributed by atoms with Crippen LogP contribution in [0.1, 0.15) is 5.56 Å². The van der Waals surface area contributed by atoms with Gasteiger partial charge in [0, 0.05) is 25.4 Å². The Balaban J connectivity index is 1.67. The molecule has 0 saturated carbocycles. The Bertz CT molecular complexity index is 1290. The summed E-state index contributed by atoms with van der Waals surface area (Å²) >= 11 is 0. The number of nitrogens with zero attached hydrogens (tertiary/aromatic N) is 5. The van der Waals surface area contributed by atoms with Gasteiger partial charge in [-0.25, -0.2) is 9.78 Å².